The highest BCUT2D eigenvalue weighted by Gasteiger charge is 2.43. The Bertz CT molecular complexity index is 2820. The van der Waals surface area contributed by atoms with Gasteiger partial charge in [-0.1, -0.05) is 232 Å². The standard InChI is InChI=1S/C69H81O3P/c1-42(2)57-36-48(53-22-17-19-26-61(53)71-15)37-58(43(3)4)65(57)55-24-21-25-56(66-59(44(5)6)38-49(39-60(66)45(7)8)54-23-18-20-27-62(54)72-16)67(55)73-63(46-28-32-50(33-29-46)68(9,10)11)40-52(70)41-64(73)47-30-34-51(35-31-47)69(12,13)14/h17-39,42-45,63-64H,40-41H2,1-16H3. The minimum absolute atomic E-state index is 0.00436. The molecule has 0 bridgehead atoms. The van der Waals surface area contributed by atoms with E-state index in [1.807, 2.05) is 0 Å². The number of para-hydroxylation sites is 2. The van der Waals surface area contributed by atoms with Crippen LogP contribution < -0.4 is 14.8 Å². The molecule has 0 aliphatic carbocycles. The lowest BCUT2D eigenvalue weighted by molar-refractivity contribution is -0.119. The predicted molar refractivity (Wildman–Crippen MR) is 314 cm³/mol. The van der Waals surface area contributed by atoms with E-state index in [1.165, 1.54) is 83.2 Å². The van der Waals surface area contributed by atoms with Crippen LogP contribution in [0, 0.1) is 0 Å². The summed E-state index contributed by atoms with van der Waals surface area (Å²) in [6.07, 6.45) is 1.01. The van der Waals surface area contributed by atoms with E-state index in [0.29, 0.717) is 18.6 Å². The minimum atomic E-state index is -1.14. The summed E-state index contributed by atoms with van der Waals surface area (Å²) in [4.78, 5) is 14.8. The summed E-state index contributed by atoms with van der Waals surface area (Å²) < 4.78 is 12.0. The fraction of sp³-hybridized carbons (Fsp3) is 0.377. The molecule has 1 fully saturated rings. The van der Waals surface area contributed by atoms with Gasteiger partial charge in [0.2, 0.25) is 0 Å². The first kappa shape index (κ1) is 53.5. The van der Waals surface area contributed by atoms with Crippen LogP contribution in [0.5, 0.6) is 11.5 Å². The van der Waals surface area contributed by atoms with Crippen LogP contribution >= 0.6 is 7.92 Å². The van der Waals surface area contributed by atoms with Crippen LogP contribution in [0.4, 0.5) is 0 Å². The Kier molecular flexibility index (Phi) is 15.8. The van der Waals surface area contributed by atoms with E-state index >= 15 is 0 Å². The van der Waals surface area contributed by atoms with E-state index in [4.69, 9.17) is 9.47 Å². The van der Waals surface area contributed by atoms with E-state index in [0.717, 1.165) is 22.6 Å². The quantitative estimate of drug-likeness (QED) is 0.108. The zero-order chi connectivity index (χ0) is 52.7. The number of carbonyl (C=O) groups excluding carboxylic acids is 1. The van der Waals surface area contributed by atoms with Crippen molar-refractivity contribution in [3.05, 3.63) is 184 Å². The third-order valence-corrected chi connectivity index (χ3v) is 18.7. The third kappa shape index (κ3) is 10.9. The van der Waals surface area contributed by atoms with Crippen LogP contribution in [0.3, 0.4) is 0 Å². The van der Waals surface area contributed by atoms with Crippen LogP contribution in [0.15, 0.2) is 140 Å². The van der Waals surface area contributed by atoms with Crippen LogP contribution in [0.1, 0.15) is 189 Å². The number of hydrogen-bond donors (Lipinski definition) is 0. The average molecular weight is 989 g/mol. The molecule has 3 nitrogen and oxygen atoms in total. The lowest BCUT2D eigenvalue weighted by Gasteiger charge is -2.42. The molecule has 2 atom stereocenters. The number of ether oxygens (including phenoxy) is 2. The number of benzene rings is 7. The van der Waals surface area contributed by atoms with Crippen molar-refractivity contribution in [1.82, 2.24) is 0 Å². The zero-order valence-electron chi connectivity index (χ0n) is 46.8. The summed E-state index contributed by atoms with van der Waals surface area (Å²) in [5, 5.41) is 1.41. The van der Waals surface area contributed by atoms with Gasteiger partial charge in [0.25, 0.3) is 0 Å². The van der Waals surface area contributed by atoms with Gasteiger partial charge in [0.1, 0.15) is 17.3 Å². The van der Waals surface area contributed by atoms with E-state index in [2.05, 4.69) is 236 Å². The summed E-state index contributed by atoms with van der Waals surface area (Å²) in [5.74, 6) is 2.91. The Morgan fingerprint density at radius 2 is 0.753 bits per heavy atom. The minimum Gasteiger partial charge on any atom is -0.496 e. The number of rotatable bonds is 13. The smallest absolute Gasteiger partial charge is 0.134 e. The van der Waals surface area contributed by atoms with Gasteiger partial charge in [-0.05, 0) is 130 Å². The first-order chi connectivity index (χ1) is 34.6. The third-order valence-electron chi connectivity index (χ3n) is 15.4. The molecule has 0 amide bonds. The molecule has 8 rings (SSSR count). The van der Waals surface area contributed by atoms with Crippen LogP contribution in [-0.4, -0.2) is 20.0 Å². The highest BCUT2D eigenvalue weighted by molar-refractivity contribution is 7.67. The highest BCUT2D eigenvalue weighted by atomic mass is 31.1. The van der Waals surface area contributed by atoms with Gasteiger partial charge in [0, 0.05) is 35.3 Å². The van der Waals surface area contributed by atoms with Crippen molar-refractivity contribution in [2.24, 2.45) is 0 Å². The maximum atomic E-state index is 14.8. The molecule has 2 unspecified atom stereocenters. The second-order valence-corrected chi connectivity index (χ2v) is 26.4. The second-order valence-electron chi connectivity index (χ2n) is 23.9. The van der Waals surface area contributed by atoms with E-state index < -0.39 is 7.92 Å². The molecule has 4 heteroatoms. The molecule has 380 valence electrons. The van der Waals surface area contributed by atoms with Gasteiger partial charge < -0.3 is 9.47 Å². The van der Waals surface area contributed by atoms with Crippen molar-refractivity contribution in [3.8, 4) is 56.0 Å². The molecule has 0 N–H and O–H groups in total. The fourth-order valence-corrected chi connectivity index (χ4v) is 15.1. The molecular formula is C69H81O3P. The molecule has 0 saturated carbocycles. The lowest BCUT2D eigenvalue weighted by atomic mass is 9.79. The molecular weight excluding hydrogens is 908 g/mol. The van der Waals surface area contributed by atoms with Crippen molar-refractivity contribution >= 4 is 19.0 Å². The molecule has 1 saturated heterocycles. The van der Waals surface area contributed by atoms with Gasteiger partial charge in [-0.25, -0.2) is 0 Å². The Morgan fingerprint density at radius 1 is 0.438 bits per heavy atom. The summed E-state index contributed by atoms with van der Waals surface area (Å²) in [7, 11) is 2.40. The summed E-state index contributed by atoms with van der Waals surface area (Å²) >= 11 is 0. The number of methoxy groups -OCH3 is 2. The van der Waals surface area contributed by atoms with Crippen LogP contribution in [-0.2, 0) is 15.6 Å². The molecule has 0 spiro atoms. The number of Topliss-reactive ketones (excluding diaryl/α,β-unsaturated/α-hetero) is 1. The Balaban J connectivity index is 1.56. The van der Waals surface area contributed by atoms with E-state index in [-0.39, 0.29) is 45.8 Å². The molecule has 1 heterocycles. The van der Waals surface area contributed by atoms with Crippen molar-refractivity contribution in [1.29, 1.82) is 0 Å². The van der Waals surface area contributed by atoms with Crippen LogP contribution in [0.25, 0.3) is 44.5 Å². The molecule has 1 aliphatic heterocycles. The summed E-state index contributed by atoms with van der Waals surface area (Å²) in [5.41, 5.74) is 20.1. The highest BCUT2D eigenvalue weighted by Crippen LogP contribution is 2.69. The monoisotopic (exact) mass is 989 g/mol. The summed E-state index contributed by atoms with van der Waals surface area (Å²) in [6.45, 7) is 32.5. The van der Waals surface area contributed by atoms with E-state index in [1.54, 1.807) is 14.2 Å². The van der Waals surface area contributed by atoms with Gasteiger partial charge >= 0.3 is 0 Å². The number of hydrogen-bond acceptors (Lipinski definition) is 3. The topological polar surface area (TPSA) is 35.5 Å². The maximum absolute atomic E-state index is 14.8. The largest absolute Gasteiger partial charge is 0.496 e. The van der Waals surface area contributed by atoms with Gasteiger partial charge in [0.05, 0.1) is 14.2 Å². The Morgan fingerprint density at radius 3 is 1.05 bits per heavy atom. The number of ketones is 1. The van der Waals surface area contributed by atoms with Gasteiger partial charge in [0.15, 0.2) is 0 Å². The Labute approximate surface area is 441 Å². The average Bonchev–Trinajstić information content (AvgIpc) is 3.36. The zero-order valence-corrected chi connectivity index (χ0v) is 47.7. The lowest BCUT2D eigenvalue weighted by Crippen LogP contribution is -2.27. The molecule has 7 aromatic rings. The maximum Gasteiger partial charge on any atom is 0.134 e. The first-order valence-electron chi connectivity index (χ1n) is 26.9. The Hall–Kier alpha value is -5.76. The second kappa shape index (κ2) is 21.6. The first-order valence-corrected chi connectivity index (χ1v) is 28.4. The van der Waals surface area contributed by atoms with E-state index in [9.17, 15) is 4.79 Å². The molecule has 1 aliphatic rings. The summed E-state index contributed by atoms with van der Waals surface area (Å²) in [6, 6.07) is 52.7. The van der Waals surface area contributed by atoms with Crippen molar-refractivity contribution in [2.45, 2.75) is 156 Å². The normalized spacial score (nSPS) is 16.5. The molecule has 0 aromatic heterocycles. The molecule has 0 radical (unpaired) electrons. The van der Waals surface area contributed by atoms with Crippen molar-refractivity contribution < 1.29 is 14.3 Å². The van der Waals surface area contributed by atoms with Crippen LogP contribution in [0.2, 0.25) is 0 Å². The SMILES string of the molecule is COc1ccccc1-c1cc(C(C)C)c(-c2cccc(-c3c(C(C)C)cc(-c4ccccc4OC)cc3C(C)C)c2P2C(c3ccc(C(C)(C)C)cc3)CC(=O)CC2c2ccc(C(C)(C)C)cc2)c(C(C)C)c1. The molecule has 7 aromatic carbocycles. The van der Waals surface area contributed by atoms with Crippen molar-refractivity contribution in [3.63, 3.8) is 0 Å². The molecule has 73 heavy (non-hydrogen) atoms. The van der Waals surface area contributed by atoms with Gasteiger partial charge in [-0.15, -0.1) is 0 Å². The fourth-order valence-electron chi connectivity index (χ4n) is 11.3. The number of carbonyl (C=O) groups is 1. The van der Waals surface area contributed by atoms with Crippen molar-refractivity contribution in [2.75, 3.05) is 14.2 Å². The predicted octanol–water partition coefficient (Wildman–Crippen LogP) is 19.4. The van der Waals surface area contributed by atoms with Gasteiger partial charge in [-0.2, -0.15) is 0 Å². The van der Waals surface area contributed by atoms with Gasteiger partial charge in [-0.3, -0.25) is 4.79 Å².